The molecule has 0 aromatic carbocycles. The fourth-order valence-electron chi connectivity index (χ4n) is 2.26. The van der Waals surface area contributed by atoms with Crippen LogP contribution in [0.5, 0.6) is 0 Å². The van der Waals surface area contributed by atoms with Gasteiger partial charge in [-0.2, -0.15) is 0 Å². The molecule has 5 nitrogen and oxygen atoms in total. The third-order valence-corrected chi connectivity index (χ3v) is 3.55. The number of anilines is 1. The zero-order valence-electron chi connectivity index (χ0n) is 10.9. The summed E-state index contributed by atoms with van der Waals surface area (Å²) in [4.78, 5) is 18.3. The second-order valence-corrected chi connectivity index (χ2v) is 4.97. The molecule has 1 aromatic rings. The monoisotopic (exact) mass is 248 g/mol. The molecule has 1 fully saturated rings. The molecule has 98 valence electrons. The zero-order valence-corrected chi connectivity index (χ0v) is 10.9. The van der Waals surface area contributed by atoms with Crippen LogP contribution in [-0.2, 0) is 0 Å². The average molecular weight is 248 g/mol. The summed E-state index contributed by atoms with van der Waals surface area (Å²) in [6.07, 6.45) is 1.96. The van der Waals surface area contributed by atoms with Crippen LogP contribution in [-0.4, -0.2) is 41.5 Å². The lowest BCUT2D eigenvalue weighted by molar-refractivity contribution is 0.0891. The standard InChI is InChI=1S/C13H20N4O/c1-9-8-10(6-7-17(9)2)15-13(18)11-4-3-5-12(14)16-11/h3-5,9-10H,6-8H2,1-2H3,(H2,14,16)(H,15,18). The number of hydrogen-bond donors (Lipinski definition) is 2. The van der Waals surface area contributed by atoms with Crippen molar-refractivity contribution in [3.8, 4) is 0 Å². The Balaban J connectivity index is 1.96. The molecule has 5 heteroatoms. The Morgan fingerprint density at radius 3 is 3.00 bits per heavy atom. The van der Waals surface area contributed by atoms with Crippen molar-refractivity contribution in [2.45, 2.75) is 31.8 Å². The minimum absolute atomic E-state index is 0.135. The van der Waals surface area contributed by atoms with Gasteiger partial charge in [0.15, 0.2) is 0 Å². The third kappa shape index (κ3) is 2.98. The highest BCUT2D eigenvalue weighted by atomic mass is 16.1. The quantitative estimate of drug-likeness (QED) is 0.815. The molecule has 2 unspecified atom stereocenters. The van der Waals surface area contributed by atoms with Gasteiger partial charge in [0, 0.05) is 18.6 Å². The Hall–Kier alpha value is -1.62. The molecular weight excluding hydrogens is 228 g/mol. The minimum atomic E-state index is -0.135. The summed E-state index contributed by atoms with van der Waals surface area (Å²) in [5.74, 6) is 0.239. The molecule has 0 spiro atoms. The summed E-state index contributed by atoms with van der Waals surface area (Å²) < 4.78 is 0. The van der Waals surface area contributed by atoms with Gasteiger partial charge in [0.25, 0.3) is 5.91 Å². The van der Waals surface area contributed by atoms with Crippen LogP contribution in [0.3, 0.4) is 0 Å². The normalized spacial score (nSPS) is 24.8. The molecule has 1 saturated heterocycles. The molecule has 0 radical (unpaired) electrons. The largest absolute Gasteiger partial charge is 0.384 e. The van der Waals surface area contributed by atoms with Crippen molar-refractivity contribution in [1.29, 1.82) is 0 Å². The topological polar surface area (TPSA) is 71.2 Å². The van der Waals surface area contributed by atoms with E-state index < -0.39 is 0 Å². The maximum absolute atomic E-state index is 12.0. The first-order chi connectivity index (χ1) is 8.56. The van der Waals surface area contributed by atoms with Crippen LogP contribution in [0.4, 0.5) is 5.82 Å². The van der Waals surface area contributed by atoms with E-state index in [2.05, 4.69) is 29.2 Å². The lowest BCUT2D eigenvalue weighted by atomic mass is 9.99. The number of nitrogens with two attached hydrogens (primary N) is 1. The highest BCUT2D eigenvalue weighted by molar-refractivity contribution is 5.92. The lowest BCUT2D eigenvalue weighted by Gasteiger charge is -2.35. The Kier molecular flexibility index (Phi) is 3.81. The predicted molar refractivity (Wildman–Crippen MR) is 71.2 cm³/mol. The molecule has 0 bridgehead atoms. The van der Waals surface area contributed by atoms with Gasteiger partial charge in [-0.15, -0.1) is 0 Å². The number of nitrogen functional groups attached to an aromatic ring is 1. The van der Waals surface area contributed by atoms with Gasteiger partial charge in [0.05, 0.1) is 0 Å². The predicted octanol–water partition coefficient (Wildman–Crippen LogP) is 0.876. The number of pyridine rings is 1. The number of nitrogens with one attached hydrogen (secondary N) is 1. The molecule has 1 amide bonds. The number of piperidine rings is 1. The Labute approximate surface area is 107 Å². The van der Waals surface area contributed by atoms with Gasteiger partial charge in [-0.05, 0) is 38.9 Å². The molecule has 2 heterocycles. The van der Waals surface area contributed by atoms with Crippen LogP contribution < -0.4 is 11.1 Å². The van der Waals surface area contributed by atoms with Gasteiger partial charge in [-0.25, -0.2) is 4.98 Å². The van der Waals surface area contributed by atoms with Crippen LogP contribution in [0.25, 0.3) is 0 Å². The maximum Gasteiger partial charge on any atom is 0.270 e. The van der Waals surface area contributed by atoms with E-state index in [4.69, 9.17) is 5.73 Å². The summed E-state index contributed by atoms with van der Waals surface area (Å²) in [6, 6.07) is 5.83. The van der Waals surface area contributed by atoms with Crippen molar-refractivity contribution in [1.82, 2.24) is 15.2 Å². The van der Waals surface area contributed by atoms with Crippen LogP contribution in [0.2, 0.25) is 0 Å². The highest BCUT2D eigenvalue weighted by Gasteiger charge is 2.24. The first-order valence-corrected chi connectivity index (χ1v) is 6.30. The van der Waals surface area contributed by atoms with E-state index in [1.54, 1.807) is 18.2 Å². The molecule has 1 aliphatic rings. The van der Waals surface area contributed by atoms with E-state index in [-0.39, 0.29) is 11.9 Å². The molecule has 1 aromatic heterocycles. The number of nitrogens with zero attached hydrogens (tertiary/aromatic N) is 2. The second-order valence-electron chi connectivity index (χ2n) is 4.97. The maximum atomic E-state index is 12.0. The summed E-state index contributed by atoms with van der Waals surface area (Å²) in [5, 5.41) is 3.03. The van der Waals surface area contributed by atoms with Crippen molar-refractivity contribution in [3.63, 3.8) is 0 Å². The summed E-state index contributed by atoms with van der Waals surface area (Å²) >= 11 is 0. The fraction of sp³-hybridized carbons (Fsp3) is 0.538. The van der Waals surface area contributed by atoms with Gasteiger partial charge in [-0.1, -0.05) is 6.07 Å². The minimum Gasteiger partial charge on any atom is -0.384 e. The summed E-state index contributed by atoms with van der Waals surface area (Å²) in [7, 11) is 2.11. The smallest absolute Gasteiger partial charge is 0.270 e. The van der Waals surface area contributed by atoms with E-state index in [0.717, 1.165) is 19.4 Å². The van der Waals surface area contributed by atoms with E-state index in [0.29, 0.717) is 17.6 Å². The van der Waals surface area contributed by atoms with Gasteiger partial charge in [0.1, 0.15) is 11.5 Å². The fourth-order valence-corrected chi connectivity index (χ4v) is 2.26. The van der Waals surface area contributed by atoms with Crippen molar-refractivity contribution < 1.29 is 4.79 Å². The number of aromatic nitrogens is 1. The lowest BCUT2D eigenvalue weighted by Crippen LogP contribution is -2.47. The van der Waals surface area contributed by atoms with E-state index in [9.17, 15) is 4.79 Å². The molecule has 0 aliphatic carbocycles. The van der Waals surface area contributed by atoms with Crippen molar-refractivity contribution in [3.05, 3.63) is 23.9 Å². The van der Waals surface area contributed by atoms with E-state index in [1.165, 1.54) is 0 Å². The number of hydrogen-bond acceptors (Lipinski definition) is 4. The number of rotatable bonds is 2. The van der Waals surface area contributed by atoms with Crippen molar-refractivity contribution >= 4 is 11.7 Å². The first kappa shape index (κ1) is 12.8. The Morgan fingerprint density at radius 1 is 1.56 bits per heavy atom. The summed E-state index contributed by atoms with van der Waals surface area (Å²) in [6.45, 7) is 3.19. The number of carbonyl (C=O) groups excluding carboxylic acids is 1. The molecule has 3 N–H and O–H groups in total. The number of carbonyl (C=O) groups is 1. The molecule has 1 aliphatic heterocycles. The number of likely N-dealkylation sites (tertiary alicyclic amines) is 1. The van der Waals surface area contributed by atoms with Gasteiger partial charge in [0.2, 0.25) is 0 Å². The molecule has 2 rings (SSSR count). The second kappa shape index (κ2) is 5.35. The SMILES string of the molecule is CC1CC(NC(=O)c2cccc(N)n2)CCN1C. The van der Waals surface area contributed by atoms with Crippen LogP contribution in [0.15, 0.2) is 18.2 Å². The van der Waals surface area contributed by atoms with Gasteiger partial charge >= 0.3 is 0 Å². The van der Waals surface area contributed by atoms with Crippen LogP contribution in [0.1, 0.15) is 30.3 Å². The van der Waals surface area contributed by atoms with Crippen molar-refractivity contribution in [2.24, 2.45) is 0 Å². The van der Waals surface area contributed by atoms with Gasteiger partial charge < -0.3 is 16.0 Å². The Bertz CT molecular complexity index is 435. The highest BCUT2D eigenvalue weighted by Crippen LogP contribution is 2.15. The number of amides is 1. The van der Waals surface area contributed by atoms with E-state index in [1.807, 2.05) is 0 Å². The zero-order chi connectivity index (χ0) is 13.1. The molecule has 18 heavy (non-hydrogen) atoms. The Morgan fingerprint density at radius 2 is 2.33 bits per heavy atom. The first-order valence-electron chi connectivity index (χ1n) is 6.30. The third-order valence-electron chi connectivity index (χ3n) is 3.55. The van der Waals surface area contributed by atoms with E-state index >= 15 is 0 Å². The van der Waals surface area contributed by atoms with Crippen LogP contribution in [0, 0.1) is 0 Å². The van der Waals surface area contributed by atoms with Gasteiger partial charge in [-0.3, -0.25) is 4.79 Å². The molecular formula is C13H20N4O. The molecule has 0 saturated carbocycles. The summed E-state index contributed by atoms with van der Waals surface area (Å²) in [5.41, 5.74) is 5.96. The average Bonchev–Trinajstić information content (AvgIpc) is 2.34. The van der Waals surface area contributed by atoms with Crippen LogP contribution >= 0.6 is 0 Å². The van der Waals surface area contributed by atoms with Crippen molar-refractivity contribution in [2.75, 3.05) is 19.3 Å². The molecule has 2 atom stereocenters.